The van der Waals surface area contributed by atoms with Crippen LogP contribution in [0.3, 0.4) is 0 Å². The van der Waals surface area contributed by atoms with Crippen molar-refractivity contribution in [1.29, 1.82) is 0 Å². The number of likely N-dealkylation sites (N-methyl/N-ethyl adjacent to an activating group) is 1. The second kappa shape index (κ2) is 11.9. The first kappa shape index (κ1) is 30.0. The van der Waals surface area contributed by atoms with Crippen LogP contribution in [0.25, 0.3) is 10.9 Å². The third kappa shape index (κ3) is 7.03. The van der Waals surface area contributed by atoms with Crippen LogP contribution >= 0.6 is 0 Å². The zero-order chi connectivity index (χ0) is 30.7. The summed E-state index contributed by atoms with van der Waals surface area (Å²) in [6.45, 7) is 5.20. The maximum atomic E-state index is 13.1. The van der Waals surface area contributed by atoms with Gasteiger partial charge in [-0.15, -0.1) is 13.2 Å². The molecule has 0 atom stereocenters. The fraction of sp³-hybridized carbons (Fsp3) is 0.276. The quantitative estimate of drug-likeness (QED) is 0.284. The molecule has 0 spiro atoms. The summed E-state index contributed by atoms with van der Waals surface area (Å²) < 4.78 is 47.7. The number of carbonyl (C=O) groups excluding carboxylic acids is 2. The number of carbonyl (C=O) groups is 2. The molecule has 0 radical (unpaired) electrons. The Morgan fingerprint density at radius 2 is 1.76 bits per heavy atom. The second-order valence-corrected chi connectivity index (χ2v) is 9.98. The van der Waals surface area contributed by atoms with Crippen LogP contribution < -0.4 is 21.0 Å². The summed E-state index contributed by atoms with van der Waals surface area (Å²) >= 11 is 0. The van der Waals surface area contributed by atoms with Crippen LogP contribution in [-0.2, 0) is 11.2 Å². The van der Waals surface area contributed by atoms with E-state index in [1.165, 1.54) is 42.2 Å². The molecule has 4 aromatic rings. The van der Waals surface area contributed by atoms with Crippen LogP contribution in [-0.4, -0.2) is 52.2 Å². The Bertz CT molecular complexity index is 1670. The summed E-state index contributed by atoms with van der Waals surface area (Å²) in [6.07, 6.45) is -2.75. The van der Waals surface area contributed by atoms with Gasteiger partial charge in [-0.1, -0.05) is 18.2 Å². The lowest BCUT2D eigenvalue weighted by Crippen LogP contribution is -2.49. The standard InChI is InChI=1S/C29H28F3N5O5/c1-17-20(34-24(38)19-10-5-6-11-22(19)42-29(30,31)32)12-13-21-23(17)25(39)41-27(35-21)36-28(2,3)26(40)37(4)16-14-18-9-7-8-15-33-18/h5-13,15H,14,16H2,1-4H3,(H,34,38)(H,35,36). The summed E-state index contributed by atoms with van der Waals surface area (Å²) in [4.78, 5) is 49.1. The largest absolute Gasteiger partial charge is 0.573 e. The van der Waals surface area contributed by atoms with Crippen molar-refractivity contribution in [3.63, 3.8) is 0 Å². The third-order valence-electron chi connectivity index (χ3n) is 6.39. The van der Waals surface area contributed by atoms with E-state index in [1.807, 2.05) is 18.2 Å². The Hall–Kier alpha value is -4.94. The van der Waals surface area contributed by atoms with Crippen molar-refractivity contribution in [2.75, 3.05) is 24.2 Å². The highest BCUT2D eigenvalue weighted by Crippen LogP contribution is 2.29. The average molecular weight is 584 g/mol. The minimum Gasteiger partial charge on any atom is -0.405 e. The highest BCUT2D eigenvalue weighted by molar-refractivity contribution is 6.07. The molecule has 0 aliphatic carbocycles. The molecule has 2 amide bonds. The number of fused-ring (bicyclic) bond motifs is 1. The Morgan fingerprint density at radius 1 is 1.05 bits per heavy atom. The summed E-state index contributed by atoms with van der Waals surface area (Å²) in [6, 6.07) is 13.2. The number of benzene rings is 2. The number of nitrogens with zero attached hydrogens (tertiary/aromatic N) is 3. The molecule has 0 aliphatic heterocycles. The Morgan fingerprint density at radius 3 is 2.45 bits per heavy atom. The van der Waals surface area contributed by atoms with Gasteiger partial charge in [-0.3, -0.25) is 14.6 Å². The number of nitrogens with one attached hydrogen (secondary N) is 2. The maximum Gasteiger partial charge on any atom is 0.573 e. The van der Waals surface area contributed by atoms with E-state index in [9.17, 15) is 27.6 Å². The van der Waals surface area contributed by atoms with E-state index in [-0.39, 0.29) is 39.6 Å². The van der Waals surface area contributed by atoms with Gasteiger partial charge in [-0.25, -0.2) is 4.79 Å². The lowest BCUT2D eigenvalue weighted by molar-refractivity contribution is -0.274. The highest BCUT2D eigenvalue weighted by Gasteiger charge is 2.33. The number of aromatic nitrogens is 2. The van der Waals surface area contributed by atoms with Gasteiger partial charge in [-0.2, -0.15) is 4.98 Å². The lowest BCUT2D eigenvalue weighted by atomic mass is 10.0. The molecule has 0 saturated heterocycles. The van der Waals surface area contributed by atoms with Crippen LogP contribution in [0.15, 0.2) is 70.0 Å². The Balaban J connectivity index is 1.52. The number of alkyl halides is 3. The molecule has 2 aromatic carbocycles. The van der Waals surface area contributed by atoms with Crippen molar-refractivity contribution in [1.82, 2.24) is 14.9 Å². The van der Waals surface area contributed by atoms with Crippen LogP contribution in [0, 0.1) is 6.92 Å². The molecule has 0 fully saturated rings. The van der Waals surface area contributed by atoms with Crippen molar-refractivity contribution < 1.29 is 31.9 Å². The number of hydrogen-bond donors (Lipinski definition) is 2. The topological polar surface area (TPSA) is 127 Å². The maximum absolute atomic E-state index is 13.1. The van der Waals surface area contributed by atoms with Crippen molar-refractivity contribution >= 4 is 34.4 Å². The van der Waals surface area contributed by atoms with Gasteiger partial charge in [0.1, 0.15) is 11.3 Å². The first-order valence-electron chi connectivity index (χ1n) is 12.8. The van der Waals surface area contributed by atoms with Gasteiger partial charge in [0.25, 0.3) is 11.9 Å². The molecule has 0 saturated carbocycles. The van der Waals surface area contributed by atoms with Gasteiger partial charge in [0.05, 0.1) is 16.5 Å². The van der Waals surface area contributed by atoms with E-state index in [0.717, 1.165) is 11.8 Å². The summed E-state index contributed by atoms with van der Waals surface area (Å²) in [7, 11) is 1.66. The van der Waals surface area contributed by atoms with E-state index < -0.39 is 29.2 Å². The molecular weight excluding hydrogens is 555 g/mol. The molecule has 10 nitrogen and oxygen atoms in total. The van der Waals surface area contributed by atoms with E-state index in [1.54, 1.807) is 27.1 Å². The van der Waals surface area contributed by atoms with Gasteiger partial charge in [0, 0.05) is 37.6 Å². The molecule has 2 N–H and O–H groups in total. The number of ether oxygens (including phenoxy) is 1. The number of para-hydroxylation sites is 1. The van der Waals surface area contributed by atoms with Crippen LogP contribution in [0.2, 0.25) is 0 Å². The van der Waals surface area contributed by atoms with Gasteiger partial charge in [-0.05, 0) is 62.7 Å². The predicted molar refractivity (Wildman–Crippen MR) is 149 cm³/mol. The molecule has 4 rings (SSSR count). The molecule has 2 heterocycles. The number of amides is 2. The summed E-state index contributed by atoms with van der Waals surface area (Å²) in [5.74, 6) is -1.82. The minimum atomic E-state index is -4.99. The van der Waals surface area contributed by atoms with Crippen LogP contribution in [0.5, 0.6) is 5.75 Å². The zero-order valence-electron chi connectivity index (χ0n) is 23.2. The van der Waals surface area contributed by atoms with Gasteiger partial charge < -0.3 is 24.7 Å². The van der Waals surface area contributed by atoms with E-state index in [0.29, 0.717) is 13.0 Å². The molecule has 13 heteroatoms. The van der Waals surface area contributed by atoms with Crippen LogP contribution in [0.4, 0.5) is 24.9 Å². The summed E-state index contributed by atoms with van der Waals surface area (Å²) in [5, 5.41) is 5.44. The first-order valence-corrected chi connectivity index (χ1v) is 12.8. The first-order chi connectivity index (χ1) is 19.7. The van der Waals surface area contributed by atoms with Crippen molar-refractivity contribution in [2.24, 2.45) is 0 Å². The molecule has 220 valence electrons. The van der Waals surface area contributed by atoms with Gasteiger partial charge >= 0.3 is 12.0 Å². The van der Waals surface area contributed by atoms with E-state index in [4.69, 9.17) is 4.42 Å². The number of anilines is 2. The van der Waals surface area contributed by atoms with Gasteiger partial charge in [0.2, 0.25) is 5.91 Å². The number of halogens is 3. The fourth-order valence-corrected chi connectivity index (χ4v) is 4.29. The highest BCUT2D eigenvalue weighted by atomic mass is 19.4. The van der Waals surface area contributed by atoms with Gasteiger partial charge in [0.15, 0.2) is 0 Å². The number of rotatable bonds is 9. The zero-order valence-corrected chi connectivity index (χ0v) is 23.2. The SMILES string of the molecule is Cc1c(NC(=O)c2ccccc2OC(F)(F)F)ccc2nc(NC(C)(C)C(=O)N(C)CCc3ccccn3)oc(=O)c12. The Labute approximate surface area is 238 Å². The average Bonchev–Trinajstić information content (AvgIpc) is 2.92. The molecule has 0 aliphatic rings. The minimum absolute atomic E-state index is 0.0507. The molecule has 0 bridgehead atoms. The third-order valence-corrected chi connectivity index (χ3v) is 6.39. The number of hydrogen-bond acceptors (Lipinski definition) is 8. The van der Waals surface area contributed by atoms with Crippen molar-refractivity contribution in [3.8, 4) is 5.75 Å². The molecular formula is C29H28F3N5O5. The Kier molecular flexibility index (Phi) is 8.50. The molecule has 0 unspecified atom stereocenters. The number of pyridine rings is 1. The monoisotopic (exact) mass is 583 g/mol. The predicted octanol–water partition coefficient (Wildman–Crippen LogP) is 4.93. The second-order valence-electron chi connectivity index (χ2n) is 9.98. The molecule has 2 aromatic heterocycles. The fourth-order valence-electron chi connectivity index (χ4n) is 4.29. The van der Waals surface area contributed by atoms with E-state index >= 15 is 0 Å². The number of aryl methyl sites for hydroxylation is 1. The molecule has 42 heavy (non-hydrogen) atoms. The smallest absolute Gasteiger partial charge is 0.405 e. The van der Waals surface area contributed by atoms with E-state index in [2.05, 4.69) is 25.3 Å². The van der Waals surface area contributed by atoms with Crippen LogP contribution in [0.1, 0.15) is 35.5 Å². The van der Waals surface area contributed by atoms with Crippen molar-refractivity contribution in [3.05, 3.63) is 88.0 Å². The summed E-state index contributed by atoms with van der Waals surface area (Å²) in [5.41, 5.74) is -0.822. The normalized spacial score (nSPS) is 11.7. The lowest BCUT2D eigenvalue weighted by Gasteiger charge is -2.30. The van der Waals surface area contributed by atoms with Crippen molar-refractivity contribution in [2.45, 2.75) is 39.1 Å².